The summed E-state index contributed by atoms with van der Waals surface area (Å²) >= 11 is 1.00. The highest BCUT2D eigenvalue weighted by Crippen LogP contribution is 2.28. The number of rotatable bonds is 8. The fraction of sp³-hybridized carbons (Fsp3) is 0.222. The monoisotopic (exact) mass is 389 g/mol. The Bertz CT molecular complexity index is 817. The molecule has 1 fully saturated rings. The molecule has 1 aromatic carbocycles. The molecule has 0 saturated carbocycles. The summed E-state index contributed by atoms with van der Waals surface area (Å²) in [5, 5.41) is 10.7. The summed E-state index contributed by atoms with van der Waals surface area (Å²) in [4.78, 5) is 23.1. The van der Waals surface area contributed by atoms with Crippen LogP contribution >= 0.6 is 11.8 Å². The Labute approximate surface area is 161 Å². The highest BCUT2D eigenvalue weighted by atomic mass is 32.2. The Morgan fingerprint density at radius 2 is 2.15 bits per heavy atom. The molecule has 8 nitrogen and oxygen atoms in total. The lowest BCUT2D eigenvalue weighted by molar-refractivity contribution is -0.135. The van der Waals surface area contributed by atoms with Gasteiger partial charge in [-0.1, -0.05) is 12.7 Å². The van der Waals surface area contributed by atoms with Crippen LogP contribution in [0.2, 0.25) is 0 Å². The fourth-order valence-electron chi connectivity index (χ4n) is 1.93. The molecule has 0 radical (unpaired) electrons. The Kier molecular flexibility index (Phi) is 7.63. The quantitative estimate of drug-likeness (QED) is 0.241. The number of thioether (sulfide) groups is 1. The number of carbonyl (C=O) groups excluding carboxylic acids is 2. The molecule has 142 valence electrons. The van der Waals surface area contributed by atoms with Crippen molar-refractivity contribution in [1.82, 2.24) is 5.32 Å². The molecule has 1 aliphatic heterocycles. The molecule has 1 heterocycles. The van der Waals surface area contributed by atoms with E-state index in [9.17, 15) is 9.59 Å². The lowest BCUT2D eigenvalue weighted by Gasteiger charge is -2.11. The zero-order chi connectivity index (χ0) is 19.6. The molecule has 0 aliphatic carbocycles. The number of nitrogens with zero attached hydrogens (tertiary/aromatic N) is 2. The zero-order valence-electron chi connectivity index (χ0n) is 14.9. The summed E-state index contributed by atoms with van der Waals surface area (Å²) in [6.07, 6.45) is 4.27. The van der Waals surface area contributed by atoms with E-state index in [1.807, 2.05) is 6.92 Å². The van der Waals surface area contributed by atoms with E-state index in [-0.39, 0.29) is 10.1 Å². The van der Waals surface area contributed by atoms with Crippen LogP contribution in [0.3, 0.4) is 0 Å². The Morgan fingerprint density at radius 1 is 1.33 bits per heavy atom. The number of esters is 1. The highest BCUT2D eigenvalue weighted by molar-refractivity contribution is 8.18. The number of amidine groups is 1. The van der Waals surface area contributed by atoms with Gasteiger partial charge in [-0.25, -0.2) is 4.79 Å². The molecule has 1 aliphatic rings. The number of ether oxygens (including phenoxy) is 3. The van der Waals surface area contributed by atoms with Gasteiger partial charge in [0.25, 0.3) is 5.91 Å². The smallest absolute Gasteiger partial charge is 0.331 e. The van der Waals surface area contributed by atoms with E-state index in [0.29, 0.717) is 24.7 Å². The maximum absolute atomic E-state index is 11.7. The van der Waals surface area contributed by atoms with Crippen molar-refractivity contribution < 1.29 is 23.8 Å². The maximum Gasteiger partial charge on any atom is 0.331 e. The third-order valence-corrected chi connectivity index (χ3v) is 3.98. The van der Waals surface area contributed by atoms with E-state index in [1.54, 1.807) is 24.3 Å². The molecular weight excluding hydrogens is 370 g/mol. The predicted molar refractivity (Wildman–Crippen MR) is 104 cm³/mol. The Morgan fingerprint density at radius 3 is 2.85 bits per heavy atom. The molecule has 1 N–H and O–H groups in total. The lowest BCUT2D eigenvalue weighted by Crippen LogP contribution is -2.19. The van der Waals surface area contributed by atoms with Crippen LogP contribution in [0, 0.1) is 0 Å². The minimum absolute atomic E-state index is 0.193. The second-order valence-electron chi connectivity index (χ2n) is 4.98. The molecular formula is C18H19N3O5S. The summed E-state index contributed by atoms with van der Waals surface area (Å²) in [5.41, 5.74) is 0.744. The van der Waals surface area contributed by atoms with Crippen LogP contribution in [-0.4, -0.2) is 43.6 Å². The maximum atomic E-state index is 11.7. The van der Waals surface area contributed by atoms with Crippen LogP contribution in [-0.2, 0) is 14.3 Å². The van der Waals surface area contributed by atoms with Crippen molar-refractivity contribution in [3.63, 3.8) is 0 Å². The molecule has 9 heteroatoms. The fourth-order valence-corrected chi connectivity index (χ4v) is 2.67. The molecule has 0 spiro atoms. The summed E-state index contributed by atoms with van der Waals surface area (Å²) < 4.78 is 15.6. The van der Waals surface area contributed by atoms with Gasteiger partial charge in [-0.2, -0.15) is 5.10 Å². The summed E-state index contributed by atoms with van der Waals surface area (Å²) in [7, 11) is 1.24. The number of hydrogen-bond acceptors (Lipinski definition) is 8. The number of benzene rings is 1. The summed E-state index contributed by atoms with van der Waals surface area (Å²) in [5.74, 6) is 0.153. The van der Waals surface area contributed by atoms with Gasteiger partial charge in [-0.15, -0.1) is 5.10 Å². The van der Waals surface area contributed by atoms with E-state index in [2.05, 4.69) is 26.8 Å². The van der Waals surface area contributed by atoms with E-state index >= 15 is 0 Å². The van der Waals surface area contributed by atoms with E-state index in [1.165, 1.54) is 13.3 Å². The predicted octanol–water partition coefficient (Wildman–Crippen LogP) is 2.26. The second kappa shape index (κ2) is 10.2. The largest absolute Gasteiger partial charge is 0.490 e. The normalized spacial score (nSPS) is 16.6. The lowest BCUT2D eigenvalue weighted by atomic mass is 10.2. The summed E-state index contributed by atoms with van der Waals surface area (Å²) in [6, 6.07) is 5.34. The second-order valence-corrected chi connectivity index (χ2v) is 6.01. The average Bonchev–Trinajstić information content (AvgIpc) is 3.00. The van der Waals surface area contributed by atoms with E-state index in [4.69, 9.17) is 9.47 Å². The molecule has 0 atom stereocenters. The van der Waals surface area contributed by atoms with Crippen molar-refractivity contribution in [3.8, 4) is 11.5 Å². The molecule has 0 unspecified atom stereocenters. The van der Waals surface area contributed by atoms with Crippen molar-refractivity contribution in [1.29, 1.82) is 0 Å². The van der Waals surface area contributed by atoms with Gasteiger partial charge in [0.2, 0.25) is 0 Å². The summed E-state index contributed by atoms with van der Waals surface area (Å²) in [6.45, 7) is 6.36. The average molecular weight is 389 g/mol. The van der Waals surface area contributed by atoms with Gasteiger partial charge < -0.3 is 14.2 Å². The molecule has 0 aromatic heterocycles. The van der Waals surface area contributed by atoms with Crippen molar-refractivity contribution >= 4 is 35.0 Å². The van der Waals surface area contributed by atoms with Crippen LogP contribution in [0.1, 0.15) is 12.5 Å². The molecule has 1 amide bonds. The van der Waals surface area contributed by atoms with E-state index in [0.717, 1.165) is 23.4 Å². The minimum Gasteiger partial charge on any atom is -0.490 e. The van der Waals surface area contributed by atoms with Gasteiger partial charge in [0, 0.05) is 6.08 Å². The number of methoxy groups -OCH3 is 1. The number of nitrogens with one attached hydrogen (secondary N) is 1. The number of carbonyl (C=O) groups is 2. The van der Waals surface area contributed by atoms with Crippen LogP contribution in [0.5, 0.6) is 11.5 Å². The molecule has 2 rings (SSSR count). The van der Waals surface area contributed by atoms with Crippen molar-refractivity contribution in [2.75, 3.05) is 20.3 Å². The standard InChI is InChI=1S/C18H19N3O5S/c1-4-8-26-13-7-6-12(9-14(13)25-5-2)11-19-21-18-20-17(23)15(27-18)10-16(22)24-3/h4,6-7,9-11H,1,5,8H2,2-3H3,(H,20,21,23)/b15-10+,19-11?. The third kappa shape index (κ3) is 6.00. The molecule has 27 heavy (non-hydrogen) atoms. The van der Waals surface area contributed by atoms with Gasteiger partial charge in [-0.05, 0) is 42.4 Å². The SMILES string of the molecule is C=CCOc1ccc(C=N/N=C2/NC(=O)/C(=C\C(=O)OC)S2)cc1OCC. The van der Waals surface area contributed by atoms with E-state index < -0.39 is 11.9 Å². The third-order valence-electron chi connectivity index (χ3n) is 3.08. The number of amides is 1. The molecule has 0 bridgehead atoms. The minimum atomic E-state index is -0.611. The first-order chi connectivity index (χ1) is 13.1. The van der Waals surface area contributed by atoms with Crippen LogP contribution in [0.15, 0.2) is 52.0 Å². The van der Waals surface area contributed by atoms with Crippen LogP contribution < -0.4 is 14.8 Å². The van der Waals surface area contributed by atoms with Crippen LogP contribution in [0.25, 0.3) is 0 Å². The first kappa shape index (κ1) is 20.2. The van der Waals surface area contributed by atoms with Crippen molar-refractivity contribution in [2.45, 2.75) is 6.92 Å². The topological polar surface area (TPSA) is 98.6 Å². The van der Waals surface area contributed by atoms with Crippen molar-refractivity contribution in [2.24, 2.45) is 10.2 Å². The first-order valence-corrected chi connectivity index (χ1v) is 8.79. The Hall–Kier alpha value is -3.07. The van der Waals surface area contributed by atoms with Gasteiger partial charge in [-0.3, -0.25) is 10.1 Å². The van der Waals surface area contributed by atoms with Gasteiger partial charge in [0.05, 0.1) is 24.8 Å². The van der Waals surface area contributed by atoms with Crippen molar-refractivity contribution in [3.05, 3.63) is 47.4 Å². The zero-order valence-corrected chi connectivity index (χ0v) is 15.7. The first-order valence-electron chi connectivity index (χ1n) is 7.97. The number of hydrogen-bond donors (Lipinski definition) is 1. The molecule has 1 saturated heterocycles. The van der Waals surface area contributed by atoms with Gasteiger partial charge in [0.15, 0.2) is 16.7 Å². The highest BCUT2D eigenvalue weighted by Gasteiger charge is 2.24. The molecule has 1 aromatic rings. The van der Waals surface area contributed by atoms with Crippen LogP contribution in [0.4, 0.5) is 0 Å². The van der Waals surface area contributed by atoms with Gasteiger partial charge >= 0.3 is 5.97 Å². The van der Waals surface area contributed by atoms with Gasteiger partial charge in [0.1, 0.15) is 6.61 Å². The Balaban J connectivity index is 2.09.